The zero-order valence-electron chi connectivity index (χ0n) is 15.2. The van der Waals surface area contributed by atoms with E-state index in [0.717, 1.165) is 42.7 Å². The number of aromatic nitrogens is 5. The van der Waals surface area contributed by atoms with E-state index in [4.69, 9.17) is 0 Å². The van der Waals surface area contributed by atoms with Crippen LogP contribution >= 0.6 is 0 Å². The van der Waals surface area contributed by atoms with Crippen LogP contribution in [0.3, 0.4) is 0 Å². The van der Waals surface area contributed by atoms with E-state index < -0.39 is 0 Å². The molecule has 2 aromatic heterocycles. The highest BCUT2D eigenvalue weighted by Gasteiger charge is 2.22. The molecule has 1 aliphatic heterocycles. The second-order valence-corrected chi connectivity index (χ2v) is 6.80. The largest absolute Gasteiger partial charge is 0.349 e. The monoisotopic (exact) mass is 369 g/mol. The van der Waals surface area contributed by atoms with Gasteiger partial charge in [-0.05, 0) is 45.0 Å². The fraction of sp³-hybridized carbons (Fsp3) is 0.444. The zero-order chi connectivity index (χ0) is 18.8. The Labute approximate surface area is 155 Å². The van der Waals surface area contributed by atoms with Crippen LogP contribution in [0.15, 0.2) is 29.1 Å². The zero-order valence-corrected chi connectivity index (χ0v) is 15.2. The van der Waals surface area contributed by atoms with E-state index in [1.807, 2.05) is 35.9 Å². The van der Waals surface area contributed by atoms with Crippen LogP contribution in [0.5, 0.6) is 0 Å². The number of imidazole rings is 1. The van der Waals surface area contributed by atoms with Gasteiger partial charge in [0.1, 0.15) is 0 Å². The van der Waals surface area contributed by atoms with E-state index in [9.17, 15) is 9.59 Å². The number of carbonyl (C=O) groups excluding carboxylic acids is 1. The van der Waals surface area contributed by atoms with Crippen LogP contribution < -0.4 is 16.3 Å². The molecule has 1 amide bonds. The van der Waals surface area contributed by atoms with Crippen molar-refractivity contribution in [1.29, 1.82) is 0 Å². The minimum absolute atomic E-state index is 0.182. The van der Waals surface area contributed by atoms with E-state index in [1.54, 1.807) is 4.57 Å². The average Bonchev–Trinajstić information content (AvgIpc) is 3.22. The Hall–Kier alpha value is -2.94. The van der Waals surface area contributed by atoms with E-state index in [0.29, 0.717) is 18.8 Å². The summed E-state index contributed by atoms with van der Waals surface area (Å²) >= 11 is 0. The van der Waals surface area contributed by atoms with Gasteiger partial charge in [0.25, 0.3) is 5.91 Å². The Morgan fingerprint density at radius 1 is 1.30 bits per heavy atom. The van der Waals surface area contributed by atoms with Crippen LogP contribution in [-0.2, 0) is 6.54 Å². The lowest BCUT2D eigenvalue weighted by molar-refractivity contribution is 0.0946. The maximum Gasteiger partial charge on any atom is 0.326 e. The maximum atomic E-state index is 12.5. The van der Waals surface area contributed by atoms with Gasteiger partial charge in [0, 0.05) is 13.1 Å². The summed E-state index contributed by atoms with van der Waals surface area (Å²) in [4.78, 5) is 27.4. The van der Waals surface area contributed by atoms with Crippen LogP contribution in [0, 0.1) is 6.92 Å². The normalized spacial score (nSPS) is 15.3. The number of rotatable bonds is 5. The number of piperidine rings is 1. The molecule has 1 aromatic carbocycles. The van der Waals surface area contributed by atoms with Crippen molar-refractivity contribution in [3.05, 3.63) is 46.1 Å². The smallest absolute Gasteiger partial charge is 0.326 e. The summed E-state index contributed by atoms with van der Waals surface area (Å²) < 4.78 is 3.48. The van der Waals surface area contributed by atoms with Gasteiger partial charge in [-0.15, -0.1) is 5.10 Å². The van der Waals surface area contributed by atoms with Crippen LogP contribution in [0.4, 0.5) is 0 Å². The van der Waals surface area contributed by atoms with Gasteiger partial charge in [-0.25, -0.2) is 9.48 Å². The number of nitrogens with zero attached hydrogens (tertiary/aromatic N) is 4. The molecule has 9 nitrogen and oxygen atoms in total. The van der Waals surface area contributed by atoms with Crippen molar-refractivity contribution in [2.24, 2.45) is 0 Å². The molecule has 0 unspecified atom stereocenters. The van der Waals surface area contributed by atoms with Gasteiger partial charge in [-0.1, -0.05) is 17.3 Å². The number of hydrogen-bond acceptors (Lipinski definition) is 5. The molecule has 0 spiro atoms. The Morgan fingerprint density at radius 2 is 2.07 bits per heavy atom. The molecule has 4 rings (SSSR count). The van der Waals surface area contributed by atoms with E-state index in [2.05, 4.69) is 25.9 Å². The fourth-order valence-electron chi connectivity index (χ4n) is 3.64. The van der Waals surface area contributed by atoms with Gasteiger partial charge in [-0.3, -0.25) is 9.36 Å². The van der Waals surface area contributed by atoms with Crippen molar-refractivity contribution in [2.45, 2.75) is 32.4 Å². The van der Waals surface area contributed by atoms with Gasteiger partial charge in [0.05, 0.1) is 22.8 Å². The Kier molecular flexibility index (Phi) is 4.76. The summed E-state index contributed by atoms with van der Waals surface area (Å²) in [5.74, 6) is -0.263. The molecule has 1 saturated heterocycles. The van der Waals surface area contributed by atoms with Crippen molar-refractivity contribution >= 4 is 16.9 Å². The summed E-state index contributed by atoms with van der Waals surface area (Å²) in [6.07, 6.45) is 1.96. The number of carbonyl (C=O) groups is 1. The topological polar surface area (TPSA) is 110 Å². The first kappa shape index (κ1) is 17.5. The molecule has 1 fully saturated rings. The van der Waals surface area contributed by atoms with Crippen LogP contribution in [0.2, 0.25) is 0 Å². The molecule has 0 atom stereocenters. The van der Waals surface area contributed by atoms with Crippen molar-refractivity contribution in [2.75, 3.05) is 19.6 Å². The third-order valence-electron chi connectivity index (χ3n) is 5.10. The van der Waals surface area contributed by atoms with Crippen molar-refractivity contribution in [1.82, 2.24) is 35.2 Å². The number of H-pyrrole nitrogens is 1. The summed E-state index contributed by atoms with van der Waals surface area (Å²) in [5.41, 5.74) is 2.56. The molecule has 1 aliphatic rings. The Balaban J connectivity index is 1.42. The molecule has 27 heavy (non-hydrogen) atoms. The molecular weight excluding hydrogens is 346 g/mol. The molecular formula is C18H23N7O2. The first-order valence-electron chi connectivity index (χ1n) is 9.23. The Morgan fingerprint density at radius 3 is 2.89 bits per heavy atom. The first-order chi connectivity index (χ1) is 13.1. The van der Waals surface area contributed by atoms with Gasteiger partial charge >= 0.3 is 5.69 Å². The first-order valence-corrected chi connectivity index (χ1v) is 9.23. The average molecular weight is 369 g/mol. The SMILES string of the molecule is Cc1c(C(=O)NCCn2c(=O)[nH]c3ccccc32)nnn1C1CCNCC1. The Bertz CT molecular complexity index is 1010. The fourth-order valence-corrected chi connectivity index (χ4v) is 3.64. The third kappa shape index (κ3) is 3.37. The van der Waals surface area contributed by atoms with Crippen LogP contribution in [0.1, 0.15) is 35.1 Å². The predicted molar refractivity (Wildman–Crippen MR) is 101 cm³/mol. The molecule has 3 heterocycles. The van der Waals surface area contributed by atoms with Crippen molar-refractivity contribution in [3.63, 3.8) is 0 Å². The van der Waals surface area contributed by atoms with E-state index in [-0.39, 0.29) is 17.6 Å². The quantitative estimate of drug-likeness (QED) is 0.610. The lowest BCUT2D eigenvalue weighted by Crippen LogP contribution is -2.31. The molecule has 0 aliphatic carbocycles. The predicted octanol–water partition coefficient (Wildman–Crippen LogP) is 0.584. The lowest BCUT2D eigenvalue weighted by Gasteiger charge is -2.23. The third-order valence-corrected chi connectivity index (χ3v) is 5.10. The lowest BCUT2D eigenvalue weighted by atomic mass is 10.1. The minimum Gasteiger partial charge on any atom is -0.349 e. The number of para-hydroxylation sites is 2. The van der Waals surface area contributed by atoms with Gasteiger partial charge in [-0.2, -0.15) is 0 Å². The maximum absolute atomic E-state index is 12.5. The van der Waals surface area contributed by atoms with Crippen molar-refractivity contribution < 1.29 is 4.79 Å². The molecule has 0 radical (unpaired) electrons. The number of amides is 1. The number of benzene rings is 1. The highest BCUT2D eigenvalue weighted by atomic mass is 16.2. The van der Waals surface area contributed by atoms with Crippen molar-refractivity contribution in [3.8, 4) is 0 Å². The summed E-state index contributed by atoms with van der Waals surface area (Å²) in [6, 6.07) is 7.77. The molecule has 9 heteroatoms. The highest BCUT2D eigenvalue weighted by molar-refractivity contribution is 5.93. The molecule has 0 bridgehead atoms. The van der Waals surface area contributed by atoms with E-state index >= 15 is 0 Å². The minimum atomic E-state index is -0.263. The summed E-state index contributed by atoms with van der Waals surface area (Å²) in [6.45, 7) is 4.49. The molecule has 0 saturated carbocycles. The number of hydrogen-bond donors (Lipinski definition) is 3. The standard InChI is InChI=1S/C18H23N7O2/c1-12-16(22-23-25(12)13-6-8-19-9-7-13)17(26)20-10-11-24-15-5-3-2-4-14(15)21-18(24)27/h2-5,13,19H,6-11H2,1H3,(H,20,26)(H,21,27). The second-order valence-electron chi connectivity index (χ2n) is 6.80. The highest BCUT2D eigenvalue weighted by Crippen LogP contribution is 2.20. The molecule has 3 N–H and O–H groups in total. The molecule has 142 valence electrons. The van der Waals surface area contributed by atoms with E-state index in [1.165, 1.54) is 0 Å². The number of aromatic amines is 1. The van der Waals surface area contributed by atoms with Crippen LogP contribution in [-0.4, -0.2) is 50.1 Å². The van der Waals surface area contributed by atoms with Gasteiger partial charge in [0.2, 0.25) is 0 Å². The molecule has 3 aromatic rings. The summed E-state index contributed by atoms with van der Waals surface area (Å²) in [7, 11) is 0. The second kappa shape index (κ2) is 7.36. The van der Waals surface area contributed by atoms with Gasteiger partial charge in [0.15, 0.2) is 5.69 Å². The summed E-state index contributed by atoms with van der Waals surface area (Å²) in [5, 5.41) is 14.4. The number of fused-ring (bicyclic) bond motifs is 1. The van der Waals surface area contributed by atoms with Gasteiger partial charge < -0.3 is 15.6 Å². The van der Waals surface area contributed by atoms with Crippen LogP contribution in [0.25, 0.3) is 11.0 Å². The number of nitrogens with one attached hydrogen (secondary N) is 3.